The molecule has 2 aromatic carbocycles. The molecule has 0 spiro atoms. The first-order valence-corrected chi connectivity index (χ1v) is 12.8. The molecule has 0 saturated carbocycles. The summed E-state index contributed by atoms with van der Waals surface area (Å²) in [6.45, 7) is 6.87. The van der Waals surface area contributed by atoms with Gasteiger partial charge in [0, 0.05) is 21.8 Å². The number of carbonyl (C=O) groups is 1. The highest BCUT2D eigenvalue weighted by atomic mass is 79.9. The lowest BCUT2D eigenvalue weighted by Crippen LogP contribution is -2.27. The van der Waals surface area contributed by atoms with Crippen LogP contribution < -0.4 is 9.04 Å². The number of hydrogen-bond acceptors (Lipinski definition) is 8. The Morgan fingerprint density at radius 3 is 2.51 bits per heavy atom. The third-order valence-electron chi connectivity index (χ3n) is 5.01. The third-order valence-corrected chi connectivity index (χ3v) is 6.36. The predicted molar refractivity (Wildman–Crippen MR) is 133 cm³/mol. The number of hydrogen-bond donors (Lipinski definition) is 2. The summed E-state index contributed by atoms with van der Waals surface area (Å²) in [7, 11) is -3.56. The van der Waals surface area contributed by atoms with Crippen molar-refractivity contribution in [3.05, 3.63) is 46.1 Å². The van der Waals surface area contributed by atoms with E-state index in [1.165, 1.54) is 31.4 Å². The van der Waals surface area contributed by atoms with Crippen LogP contribution in [0.2, 0.25) is 0 Å². The zero-order valence-corrected chi connectivity index (χ0v) is 22.3. The number of methoxy groups -OCH3 is 1. The van der Waals surface area contributed by atoms with Gasteiger partial charge < -0.3 is 19.1 Å². The highest BCUT2D eigenvalue weighted by Crippen LogP contribution is 2.43. The Morgan fingerprint density at radius 2 is 1.91 bits per heavy atom. The number of aliphatic hydroxyl groups excluding tert-OH is 1. The molecule has 1 aromatic heterocycles. The van der Waals surface area contributed by atoms with E-state index in [9.17, 15) is 22.9 Å². The SMILES string of the molecule is COc1ccc(Br)cc1N(c1cc2c(C)noc2cc1C(O)CCC(=O)OC(C)(C)C)S(=O)(=O)O. The first-order valence-electron chi connectivity index (χ1n) is 10.6. The molecule has 0 aliphatic heterocycles. The van der Waals surface area contributed by atoms with Crippen LogP contribution in [0.4, 0.5) is 11.4 Å². The molecule has 0 saturated heterocycles. The minimum atomic E-state index is -4.92. The molecule has 0 amide bonds. The number of aliphatic hydroxyl groups is 1. The fourth-order valence-corrected chi connectivity index (χ4v) is 4.70. The number of ether oxygens (including phenoxy) is 2. The molecule has 2 N–H and O–H groups in total. The van der Waals surface area contributed by atoms with E-state index in [4.69, 9.17) is 14.0 Å². The summed E-state index contributed by atoms with van der Waals surface area (Å²) in [4.78, 5) is 12.2. The largest absolute Gasteiger partial charge is 0.495 e. The second-order valence-corrected chi connectivity index (χ2v) is 11.1. The van der Waals surface area contributed by atoms with Crippen LogP contribution in [-0.4, -0.2) is 41.9 Å². The summed E-state index contributed by atoms with van der Waals surface area (Å²) in [5, 5.41) is 15.4. The van der Waals surface area contributed by atoms with E-state index in [0.717, 1.165) is 0 Å². The van der Waals surface area contributed by atoms with Crippen LogP contribution in [-0.2, 0) is 19.8 Å². The fraction of sp³-hybridized carbons (Fsp3) is 0.391. The lowest BCUT2D eigenvalue weighted by atomic mass is 10.00. The van der Waals surface area contributed by atoms with Gasteiger partial charge in [-0.15, -0.1) is 0 Å². The van der Waals surface area contributed by atoms with Crippen LogP contribution >= 0.6 is 15.9 Å². The normalized spacial score (nSPS) is 13.0. The average Bonchev–Trinajstić information content (AvgIpc) is 3.09. The summed E-state index contributed by atoms with van der Waals surface area (Å²) in [6, 6.07) is 7.51. The van der Waals surface area contributed by atoms with Crippen molar-refractivity contribution in [3.8, 4) is 5.75 Å². The second kappa shape index (κ2) is 10.1. The van der Waals surface area contributed by atoms with E-state index < -0.39 is 28.0 Å². The number of aryl methyl sites for hydroxylation is 1. The van der Waals surface area contributed by atoms with Gasteiger partial charge in [-0.2, -0.15) is 8.42 Å². The summed E-state index contributed by atoms with van der Waals surface area (Å²) >= 11 is 3.31. The summed E-state index contributed by atoms with van der Waals surface area (Å²) < 4.78 is 52.8. The van der Waals surface area contributed by atoms with E-state index in [2.05, 4.69) is 21.1 Å². The van der Waals surface area contributed by atoms with Gasteiger partial charge in [0.1, 0.15) is 17.0 Å². The molecule has 0 aliphatic carbocycles. The maximum absolute atomic E-state index is 12.7. The lowest BCUT2D eigenvalue weighted by molar-refractivity contribution is -0.155. The number of carbonyl (C=O) groups excluding carboxylic acids is 1. The van der Waals surface area contributed by atoms with Crippen molar-refractivity contribution in [1.29, 1.82) is 0 Å². The first-order chi connectivity index (χ1) is 16.2. The Morgan fingerprint density at radius 1 is 1.23 bits per heavy atom. The number of fused-ring (bicyclic) bond motifs is 1. The van der Waals surface area contributed by atoms with Gasteiger partial charge >= 0.3 is 16.3 Å². The molecule has 0 fully saturated rings. The van der Waals surface area contributed by atoms with Crippen LogP contribution in [0.3, 0.4) is 0 Å². The quantitative estimate of drug-likeness (QED) is 0.282. The molecule has 190 valence electrons. The Labute approximate surface area is 211 Å². The topological polar surface area (TPSA) is 139 Å². The van der Waals surface area contributed by atoms with Crippen LogP contribution in [0.1, 0.15) is 51.0 Å². The number of anilines is 2. The molecule has 0 aliphatic rings. The van der Waals surface area contributed by atoms with Gasteiger partial charge in [0.2, 0.25) is 0 Å². The van der Waals surface area contributed by atoms with Crippen molar-refractivity contribution >= 4 is 54.5 Å². The minimum Gasteiger partial charge on any atom is -0.495 e. The van der Waals surface area contributed by atoms with Crippen LogP contribution in [0.5, 0.6) is 5.75 Å². The zero-order chi connectivity index (χ0) is 26.1. The van der Waals surface area contributed by atoms with Crippen LogP contribution in [0.25, 0.3) is 11.0 Å². The number of aromatic nitrogens is 1. The van der Waals surface area contributed by atoms with Crippen LogP contribution in [0.15, 0.2) is 39.3 Å². The van der Waals surface area contributed by atoms with E-state index in [1.807, 2.05) is 0 Å². The molecular weight excluding hydrogens is 544 g/mol. The average molecular weight is 571 g/mol. The van der Waals surface area contributed by atoms with Crippen molar-refractivity contribution in [1.82, 2.24) is 5.16 Å². The Kier molecular flexibility index (Phi) is 7.80. The van der Waals surface area contributed by atoms with Crippen LogP contribution in [0, 0.1) is 6.92 Å². The third kappa shape index (κ3) is 6.31. The highest BCUT2D eigenvalue weighted by Gasteiger charge is 2.31. The van der Waals surface area contributed by atoms with E-state index >= 15 is 0 Å². The molecule has 12 heteroatoms. The molecule has 1 heterocycles. The van der Waals surface area contributed by atoms with Crippen molar-refractivity contribution in [2.75, 3.05) is 11.4 Å². The van der Waals surface area contributed by atoms with Crippen molar-refractivity contribution in [3.63, 3.8) is 0 Å². The van der Waals surface area contributed by atoms with Gasteiger partial charge in [0.05, 0.1) is 24.6 Å². The Hall–Kier alpha value is -2.67. The van der Waals surface area contributed by atoms with E-state index in [1.54, 1.807) is 33.8 Å². The molecular formula is C23H27BrN2O8S. The molecule has 10 nitrogen and oxygen atoms in total. The van der Waals surface area contributed by atoms with Crippen molar-refractivity contribution in [2.45, 2.75) is 52.2 Å². The van der Waals surface area contributed by atoms with Crippen molar-refractivity contribution < 1.29 is 36.9 Å². The van der Waals surface area contributed by atoms with Gasteiger partial charge in [-0.1, -0.05) is 21.1 Å². The van der Waals surface area contributed by atoms with E-state index in [0.29, 0.717) is 25.4 Å². The number of benzene rings is 2. The van der Waals surface area contributed by atoms with Gasteiger partial charge in [-0.05, 0) is 64.4 Å². The first kappa shape index (κ1) is 26.9. The number of nitrogens with zero attached hydrogens (tertiary/aromatic N) is 2. The van der Waals surface area contributed by atoms with Gasteiger partial charge in [-0.3, -0.25) is 9.35 Å². The highest BCUT2D eigenvalue weighted by molar-refractivity contribution is 9.10. The Bertz CT molecular complexity index is 1350. The number of halogens is 1. The maximum atomic E-state index is 12.7. The predicted octanol–water partition coefficient (Wildman–Crippen LogP) is 5.00. The summed E-state index contributed by atoms with van der Waals surface area (Å²) in [6.07, 6.45) is -1.51. The monoisotopic (exact) mass is 570 g/mol. The second-order valence-electron chi connectivity index (χ2n) is 8.87. The standard InChI is InChI=1S/C23H27BrN2O8S/c1-13-15-11-17(26(35(29,30)31)18-10-14(24)6-8-20(18)32-5)16(12-21(15)34-25-13)19(27)7-9-22(28)33-23(2,3)4/h6,8,10-12,19,27H,7,9H2,1-5H3,(H,29,30,31). The lowest BCUT2D eigenvalue weighted by Gasteiger charge is -2.27. The van der Waals surface area contributed by atoms with E-state index in [-0.39, 0.29) is 35.5 Å². The number of rotatable bonds is 8. The molecule has 0 bridgehead atoms. The molecule has 0 radical (unpaired) electrons. The Balaban J connectivity index is 2.17. The zero-order valence-electron chi connectivity index (χ0n) is 19.9. The summed E-state index contributed by atoms with van der Waals surface area (Å²) in [5.74, 6) is -0.364. The molecule has 3 aromatic rings. The number of esters is 1. The van der Waals surface area contributed by atoms with Gasteiger partial charge in [0.25, 0.3) is 0 Å². The minimum absolute atomic E-state index is 0.00146. The molecule has 1 unspecified atom stereocenters. The van der Waals surface area contributed by atoms with Crippen molar-refractivity contribution in [2.24, 2.45) is 0 Å². The van der Waals surface area contributed by atoms with Gasteiger partial charge in [0.15, 0.2) is 5.58 Å². The fourth-order valence-electron chi connectivity index (χ4n) is 3.55. The maximum Gasteiger partial charge on any atom is 0.364 e. The molecule has 35 heavy (non-hydrogen) atoms. The molecule has 3 rings (SSSR count). The van der Waals surface area contributed by atoms with Gasteiger partial charge in [-0.25, -0.2) is 4.31 Å². The molecule has 1 atom stereocenters. The summed E-state index contributed by atoms with van der Waals surface area (Å²) in [5.41, 5.74) is 0.124. The smallest absolute Gasteiger partial charge is 0.364 e.